The van der Waals surface area contributed by atoms with Crippen molar-refractivity contribution < 1.29 is 17.9 Å². The Labute approximate surface area is 164 Å². The minimum Gasteiger partial charge on any atom is -0.465 e. The van der Waals surface area contributed by atoms with E-state index in [1.54, 1.807) is 10.9 Å². The Hall–Kier alpha value is -2.97. The largest absolute Gasteiger partial charge is 0.465 e. The molecule has 0 saturated carbocycles. The molecule has 2 aromatic carbocycles. The third-order valence-corrected chi connectivity index (χ3v) is 5.84. The summed E-state index contributed by atoms with van der Waals surface area (Å²) in [6.07, 6.45) is 2.31. The van der Waals surface area contributed by atoms with Crippen molar-refractivity contribution in [1.29, 1.82) is 0 Å². The number of hydrogen-bond acceptors (Lipinski definition) is 5. The van der Waals surface area contributed by atoms with Gasteiger partial charge in [-0.3, -0.25) is 4.68 Å². The molecule has 0 bridgehead atoms. The first-order valence-corrected chi connectivity index (χ1v) is 10.1. The van der Waals surface area contributed by atoms with Crippen LogP contribution in [0.15, 0.2) is 65.7 Å². The summed E-state index contributed by atoms with van der Waals surface area (Å²) in [4.78, 5) is 11.5. The average molecular weight is 399 g/mol. The van der Waals surface area contributed by atoms with Crippen LogP contribution in [0.25, 0.3) is 11.3 Å². The first kappa shape index (κ1) is 19.8. The molecule has 3 rings (SSSR count). The lowest BCUT2D eigenvalue weighted by atomic mass is 10.1. The second kappa shape index (κ2) is 8.37. The van der Waals surface area contributed by atoms with Gasteiger partial charge in [-0.2, -0.15) is 5.10 Å². The summed E-state index contributed by atoms with van der Waals surface area (Å²) in [6.45, 7) is 0.270. The Balaban J connectivity index is 1.59. The predicted molar refractivity (Wildman–Crippen MR) is 105 cm³/mol. The number of aryl methyl sites for hydroxylation is 1. The summed E-state index contributed by atoms with van der Waals surface area (Å²) in [5.41, 5.74) is 3.39. The van der Waals surface area contributed by atoms with E-state index in [2.05, 4.69) is 14.6 Å². The highest BCUT2D eigenvalue weighted by atomic mass is 32.2. The summed E-state index contributed by atoms with van der Waals surface area (Å²) in [5, 5.41) is 4.16. The van der Waals surface area contributed by atoms with Crippen LogP contribution in [0.4, 0.5) is 0 Å². The van der Waals surface area contributed by atoms with Crippen LogP contribution >= 0.6 is 0 Å². The maximum atomic E-state index is 12.4. The topological polar surface area (TPSA) is 90.3 Å². The molecule has 1 aromatic heterocycles. The number of esters is 1. The molecule has 3 aromatic rings. The van der Waals surface area contributed by atoms with E-state index in [1.165, 1.54) is 31.4 Å². The Kier molecular flexibility index (Phi) is 5.91. The van der Waals surface area contributed by atoms with Gasteiger partial charge in [-0.1, -0.05) is 24.3 Å². The fourth-order valence-corrected chi connectivity index (χ4v) is 3.83. The van der Waals surface area contributed by atoms with Gasteiger partial charge >= 0.3 is 5.97 Å². The molecule has 0 unspecified atom stereocenters. The van der Waals surface area contributed by atoms with Gasteiger partial charge < -0.3 is 4.74 Å². The lowest BCUT2D eigenvalue weighted by molar-refractivity contribution is 0.0600. The summed E-state index contributed by atoms with van der Waals surface area (Å²) < 4.78 is 33.8. The van der Waals surface area contributed by atoms with Gasteiger partial charge in [0.1, 0.15) is 0 Å². The summed E-state index contributed by atoms with van der Waals surface area (Å²) >= 11 is 0. The molecule has 0 aliphatic rings. The van der Waals surface area contributed by atoms with Crippen molar-refractivity contribution in [2.24, 2.45) is 7.05 Å². The van der Waals surface area contributed by atoms with Crippen molar-refractivity contribution in [3.8, 4) is 11.3 Å². The smallest absolute Gasteiger partial charge is 0.337 e. The summed E-state index contributed by atoms with van der Waals surface area (Å²) in [5.74, 6) is -0.508. The molecular weight excluding hydrogens is 378 g/mol. The zero-order chi connectivity index (χ0) is 20.1. The number of ether oxygens (including phenoxy) is 1. The molecule has 1 heterocycles. The number of nitrogens with one attached hydrogen (secondary N) is 1. The van der Waals surface area contributed by atoms with Gasteiger partial charge in [0, 0.05) is 19.8 Å². The molecular formula is C20H21N3O4S. The Morgan fingerprint density at radius 2 is 1.75 bits per heavy atom. The van der Waals surface area contributed by atoms with Crippen molar-refractivity contribution in [3.05, 3.63) is 71.9 Å². The summed E-state index contributed by atoms with van der Waals surface area (Å²) in [6, 6.07) is 15.5. The number of benzene rings is 2. The van der Waals surface area contributed by atoms with Crippen LogP contribution in [-0.2, 0) is 28.2 Å². The van der Waals surface area contributed by atoms with Gasteiger partial charge in [-0.05, 0) is 47.9 Å². The van der Waals surface area contributed by atoms with E-state index in [0.29, 0.717) is 12.0 Å². The normalized spacial score (nSPS) is 11.4. The van der Waals surface area contributed by atoms with E-state index in [-0.39, 0.29) is 11.4 Å². The highest BCUT2D eigenvalue weighted by Crippen LogP contribution is 2.19. The highest BCUT2D eigenvalue weighted by Gasteiger charge is 2.14. The predicted octanol–water partition coefficient (Wildman–Crippen LogP) is 2.39. The van der Waals surface area contributed by atoms with Crippen LogP contribution in [0.3, 0.4) is 0 Å². The maximum absolute atomic E-state index is 12.4. The van der Waals surface area contributed by atoms with Crippen LogP contribution in [0.5, 0.6) is 0 Å². The van der Waals surface area contributed by atoms with E-state index in [4.69, 9.17) is 0 Å². The lowest BCUT2D eigenvalue weighted by Gasteiger charge is -2.08. The van der Waals surface area contributed by atoms with Crippen molar-refractivity contribution in [2.75, 3.05) is 13.7 Å². The molecule has 0 radical (unpaired) electrons. The SMILES string of the molecule is COC(=O)c1ccc(S(=O)(=O)NCCc2ccc(-c3ccnn3C)cc2)cc1. The van der Waals surface area contributed by atoms with Gasteiger partial charge in [-0.25, -0.2) is 17.9 Å². The second-order valence-electron chi connectivity index (χ2n) is 6.20. The number of nitrogens with zero attached hydrogens (tertiary/aromatic N) is 2. The van der Waals surface area contributed by atoms with Crippen LogP contribution in [-0.4, -0.2) is 37.8 Å². The monoisotopic (exact) mass is 399 g/mol. The first-order chi connectivity index (χ1) is 13.4. The fraction of sp³-hybridized carbons (Fsp3) is 0.200. The Morgan fingerprint density at radius 3 is 2.32 bits per heavy atom. The van der Waals surface area contributed by atoms with Crippen LogP contribution in [0.1, 0.15) is 15.9 Å². The minimum atomic E-state index is -3.64. The van der Waals surface area contributed by atoms with E-state index in [1.807, 2.05) is 37.4 Å². The van der Waals surface area contributed by atoms with E-state index >= 15 is 0 Å². The molecule has 0 amide bonds. The number of hydrogen-bond donors (Lipinski definition) is 1. The molecule has 146 valence electrons. The number of methoxy groups -OCH3 is 1. The molecule has 0 spiro atoms. The summed E-state index contributed by atoms with van der Waals surface area (Å²) in [7, 11) is -0.482. The number of sulfonamides is 1. The Morgan fingerprint density at radius 1 is 1.07 bits per heavy atom. The highest BCUT2D eigenvalue weighted by molar-refractivity contribution is 7.89. The third kappa shape index (κ3) is 4.47. The molecule has 0 saturated heterocycles. The Bertz CT molecular complexity index is 1060. The van der Waals surface area contributed by atoms with Gasteiger partial charge in [0.25, 0.3) is 0 Å². The number of carbonyl (C=O) groups excluding carboxylic acids is 1. The molecule has 28 heavy (non-hydrogen) atoms. The molecule has 0 aliphatic carbocycles. The molecule has 0 aliphatic heterocycles. The van der Waals surface area contributed by atoms with Crippen molar-refractivity contribution in [3.63, 3.8) is 0 Å². The van der Waals surface area contributed by atoms with E-state index < -0.39 is 16.0 Å². The van der Waals surface area contributed by atoms with Crippen molar-refractivity contribution in [2.45, 2.75) is 11.3 Å². The van der Waals surface area contributed by atoms with E-state index in [0.717, 1.165) is 16.8 Å². The molecule has 8 heteroatoms. The molecule has 1 N–H and O–H groups in total. The molecule has 0 fully saturated rings. The van der Waals surface area contributed by atoms with Crippen LogP contribution < -0.4 is 4.72 Å². The van der Waals surface area contributed by atoms with Gasteiger partial charge in [0.05, 0.1) is 23.3 Å². The lowest BCUT2D eigenvalue weighted by Crippen LogP contribution is -2.26. The fourth-order valence-electron chi connectivity index (χ4n) is 2.80. The van der Waals surface area contributed by atoms with Crippen LogP contribution in [0.2, 0.25) is 0 Å². The van der Waals surface area contributed by atoms with Crippen LogP contribution in [0, 0.1) is 0 Å². The number of carbonyl (C=O) groups is 1. The molecule has 7 nitrogen and oxygen atoms in total. The minimum absolute atomic E-state index is 0.103. The zero-order valence-corrected chi connectivity index (χ0v) is 16.4. The maximum Gasteiger partial charge on any atom is 0.337 e. The number of aromatic nitrogens is 2. The van der Waals surface area contributed by atoms with E-state index in [9.17, 15) is 13.2 Å². The third-order valence-electron chi connectivity index (χ3n) is 4.36. The van der Waals surface area contributed by atoms with Crippen molar-refractivity contribution >= 4 is 16.0 Å². The molecule has 0 atom stereocenters. The zero-order valence-electron chi connectivity index (χ0n) is 15.6. The van der Waals surface area contributed by atoms with Gasteiger partial charge in [-0.15, -0.1) is 0 Å². The second-order valence-corrected chi connectivity index (χ2v) is 7.97. The quantitative estimate of drug-likeness (QED) is 0.616. The average Bonchev–Trinajstić information content (AvgIpc) is 3.14. The first-order valence-electron chi connectivity index (χ1n) is 8.66. The van der Waals surface area contributed by atoms with Gasteiger partial charge in [0.15, 0.2) is 0 Å². The number of rotatable bonds is 7. The van der Waals surface area contributed by atoms with Crippen molar-refractivity contribution in [1.82, 2.24) is 14.5 Å². The van der Waals surface area contributed by atoms with Gasteiger partial charge in [0.2, 0.25) is 10.0 Å². The standard InChI is InChI=1S/C20H21N3O4S/c1-23-19(12-13-21-23)16-5-3-15(4-6-16)11-14-22-28(25,26)18-9-7-17(8-10-18)20(24)27-2/h3-10,12-13,22H,11,14H2,1-2H3.